The fourth-order valence-corrected chi connectivity index (χ4v) is 2.36. The van der Waals surface area contributed by atoms with Gasteiger partial charge in [-0.3, -0.25) is 4.90 Å². The number of hydrogen-bond acceptors (Lipinski definition) is 2. The molecule has 0 aliphatic carbocycles. The number of halogens is 1. The molecule has 0 aliphatic heterocycles. The summed E-state index contributed by atoms with van der Waals surface area (Å²) in [7, 11) is 0. The van der Waals surface area contributed by atoms with E-state index in [2.05, 4.69) is 18.1 Å². The van der Waals surface area contributed by atoms with Crippen molar-refractivity contribution in [1.82, 2.24) is 4.90 Å². The van der Waals surface area contributed by atoms with E-state index in [-0.39, 0.29) is 5.82 Å². The number of rotatable bonds is 8. The van der Waals surface area contributed by atoms with Crippen molar-refractivity contribution in [2.75, 3.05) is 25.4 Å². The van der Waals surface area contributed by atoms with Crippen LogP contribution < -0.4 is 0 Å². The maximum Gasteiger partial charge on any atom is 0.123 e. The second-order valence-electron chi connectivity index (χ2n) is 3.64. The number of benzene rings is 1. The Morgan fingerprint density at radius 2 is 1.71 bits per heavy atom. The standard InChI is InChI=1S/C14H18FNS/c1-3-9-16(10-4-2)11-12-17-14-7-5-13(15)6-8-14/h3-8H,1-2,9-12H2. The van der Waals surface area contributed by atoms with Crippen LogP contribution in [0.5, 0.6) is 0 Å². The van der Waals surface area contributed by atoms with Crippen molar-refractivity contribution >= 4 is 11.8 Å². The van der Waals surface area contributed by atoms with E-state index in [0.29, 0.717) is 0 Å². The van der Waals surface area contributed by atoms with Crippen LogP contribution in [0.3, 0.4) is 0 Å². The zero-order valence-electron chi connectivity index (χ0n) is 9.94. The van der Waals surface area contributed by atoms with Gasteiger partial charge >= 0.3 is 0 Å². The van der Waals surface area contributed by atoms with Gasteiger partial charge in [-0.1, -0.05) is 12.2 Å². The maximum atomic E-state index is 12.7. The van der Waals surface area contributed by atoms with Crippen molar-refractivity contribution in [2.24, 2.45) is 0 Å². The van der Waals surface area contributed by atoms with E-state index in [9.17, 15) is 4.39 Å². The average molecular weight is 251 g/mol. The lowest BCUT2D eigenvalue weighted by Gasteiger charge is -2.18. The van der Waals surface area contributed by atoms with Gasteiger partial charge in [0, 0.05) is 30.3 Å². The smallest absolute Gasteiger partial charge is 0.123 e. The minimum Gasteiger partial charge on any atom is -0.295 e. The highest BCUT2D eigenvalue weighted by atomic mass is 32.2. The van der Waals surface area contributed by atoms with Crippen molar-refractivity contribution in [3.05, 3.63) is 55.4 Å². The highest BCUT2D eigenvalue weighted by molar-refractivity contribution is 7.99. The highest BCUT2D eigenvalue weighted by Gasteiger charge is 2.01. The van der Waals surface area contributed by atoms with Crippen molar-refractivity contribution < 1.29 is 4.39 Å². The Morgan fingerprint density at radius 3 is 2.24 bits per heavy atom. The molecule has 0 atom stereocenters. The molecule has 0 saturated heterocycles. The summed E-state index contributed by atoms with van der Waals surface area (Å²) in [6.07, 6.45) is 3.79. The summed E-state index contributed by atoms with van der Waals surface area (Å²) in [6.45, 7) is 10.2. The fraction of sp³-hybridized carbons (Fsp3) is 0.286. The third-order valence-electron chi connectivity index (χ3n) is 2.26. The Labute approximate surface area is 107 Å². The van der Waals surface area contributed by atoms with Gasteiger partial charge in [-0.05, 0) is 24.3 Å². The topological polar surface area (TPSA) is 3.24 Å². The molecular weight excluding hydrogens is 233 g/mol. The summed E-state index contributed by atoms with van der Waals surface area (Å²) in [4.78, 5) is 3.36. The maximum absolute atomic E-state index is 12.7. The van der Waals surface area contributed by atoms with Crippen LogP contribution in [0.1, 0.15) is 0 Å². The molecule has 0 spiro atoms. The van der Waals surface area contributed by atoms with Crippen molar-refractivity contribution in [3.8, 4) is 0 Å². The lowest BCUT2D eigenvalue weighted by Crippen LogP contribution is -2.26. The largest absolute Gasteiger partial charge is 0.295 e. The van der Waals surface area contributed by atoms with E-state index in [1.165, 1.54) is 12.1 Å². The molecule has 0 radical (unpaired) electrons. The number of hydrogen-bond donors (Lipinski definition) is 0. The monoisotopic (exact) mass is 251 g/mol. The van der Waals surface area contributed by atoms with E-state index in [0.717, 1.165) is 30.3 Å². The molecule has 0 aliphatic rings. The minimum absolute atomic E-state index is 0.186. The van der Waals surface area contributed by atoms with Gasteiger partial charge in [0.05, 0.1) is 0 Å². The van der Waals surface area contributed by atoms with Crippen molar-refractivity contribution in [1.29, 1.82) is 0 Å². The summed E-state index contributed by atoms with van der Waals surface area (Å²) in [6, 6.07) is 6.61. The van der Waals surface area contributed by atoms with Crippen LogP contribution in [0.2, 0.25) is 0 Å². The third-order valence-corrected chi connectivity index (χ3v) is 3.26. The van der Waals surface area contributed by atoms with Gasteiger partial charge in [0.2, 0.25) is 0 Å². The molecule has 1 rings (SSSR count). The normalized spacial score (nSPS) is 10.5. The van der Waals surface area contributed by atoms with Crippen LogP contribution in [0.25, 0.3) is 0 Å². The summed E-state index contributed by atoms with van der Waals surface area (Å²) in [5.41, 5.74) is 0. The van der Waals surface area contributed by atoms with Gasteiger partial charge in [-0.25, -0.2) is 4.39 Å². The molecule has 1 nitrogen and oxygen atoms in total. The van der Waals surface area contributed by atoms with Crippen LogP contribution in [-0.4, -0.2) is 30.3 Å². The SMILES string of the molecule is C=CCN(CC=C)CCSc1ccc(F)cc1. The predicted molar refractivity (Wildman–Crippen MR) is 74.0 cm³/mol. The van der Waals surface area contributed by atoms with Gasteiger partial charge in [-0.15, -0.1) is 24.9 Å². The molecule has 0 bridgehead atoms. The molecule has 0 heterocycles. The second kappa shape index (κ2) is 8.09. The Morgan fingerprint density at radius 1 is 1.12 bits per heavy atom. The van der Waals surface area contributed by atoms with Crippen LogP contribution in [0.4, 0.5) is 4.39 Å². The first-order valence-corrected chi connectivity index (χ1v) is 6.57. The molecule has 0 N–H and O–H groups in total. The highest BCUT2D eigenvalue weighted by Crippen LogP contribution is 2.17. The molecule has 17 heavy (non-hydrogen) atoms. The quantitative estimate of drug-likeness (QED) is 0.513. The molecule has 92 valence electrons. The van der Waals surface area contributed by atoms with Crippen molar-refractivity contribution in [3.63, 3.8) is 0 Å². The molecule has 0 unspecified atom stereocenters. The molecular formula is C14H18FNS. The Balaban J connectivity index is 2.32. The van der Waals surface area contributed by atoms with Gasteiger partial charge in [0.15, 0.2) is 0 Å². The van der Waals surface area contributed by atoms with E-state index >= 15 is 0 Å². The summed E-state index contributed by atoms with van der Waals surface area (Å²) >= 11 is 1.73. The fourth-order valence-electron chi connectivity index (χ4n) is 1.45. The zero-order chi connectivity index (χ0) is 12.5. The van der Waals surface area contributed by atoms with E-state index in [1.807, 2.05) is 24.3 Å². The number of nitrogens with zero attached hydrogens (tertiary/aromatic N) is 1. The van der Waals surface area contributed by atoms with Crippen LogP contribution in [0.15, 0.2) is 54.5 Å². The first-order chi connectivity index (χ1) is 8.26. The molecule has 3 heteroatoms. The lowest BCUT2D eigenvalue weighted by atomic mass is 10.4. The summed E-state index contributed by atoms with van der Waals surface area (Å²) < 4.78 is 12.7. The predicted octanol–water partition coefficient (Wildman–Crippen LogP) is 3.59. The van der Waals surface area contributed by atoms with E-state index in [4.69, 9.17) is 0 Å². The first kappa shape index (κ1) is 14.0. The second-order valence-corrected chi connectivity index (χ2v) is 4.81. The van der Waals surface area contributed by atoms with Gasteiger partial charge < -0.3 is 0 Å². The Kier molecular flexibility index (Phi) is 6.67. The summed E-state index contributed by atoms with van der Waals surface area (Å²) in [5, 5.41) is 0. The van der Waals surface area contributed by atoms with E-state index < -0.39 is 0 Å². The van der Waals surface area contributed by atoms with Gasteiger partial charge in [-0.2, -0.15) is 0 Å². The molecule has 1 aromatic rings. The Bertz CT molecular complexity index is 338. The van der Waals surface area contributed by atoms with E-state index in [1.54, 1.807) is 11.8 Å². The van der Waals surface area contributed by atoms with Crippen LogP contribution in [-0.2, 0) is 0 Å². The van der Waals surface area contributed by atoms with Crippen LogP contribution in [0, 0.1) is 5.82 Å². The van der Waals surface area contributed by atoms with Crippen LogP contribution >= 0.6 is 11.8 Å². The lowest BCUT2D eigenvalue weighted by molar-refractivity contribution is 0.358. The third kappa shape index (κ3) is 5.71. The number of thioether (sulfide) groups is 1. The average Bonchev–Trinajstić information content (AvgIpc) is 2.32. The molecule has 0 fully saturated rings. The zero-order valence-corrected chi connectivity index (χ0v) is 10.8. The minimum atomic E-state index is -0.186. The molecule has 0 aromatic heterocycles. The first-order valence-electron chi connectivity index (χ1n) is 5.58. The van der Waals surface area contributed by atoms with Gasteiger partial charge in [0.25, 0.3) is 0 Å². The Hall–Kier alpha value is -1.06. The van der Waals surface area contributed by atoms with Crippen molar-refractivity contribution in [2.45, 2.75) is 4.90 Å². The van der Waals surface area contributed by atoms with Gasteiger partial charge in [0.1, 0.15) is 5.82 Å². The molecule has 0 saturated carbocycles. The molecule has 1 aromatic carbocycles. The molecule has 0 amide bonds. The summed E-state index contributed by atoms with van der Waals surface area (Å²) in [5.74, 6) is 0.794.